The molecule has 2 rings (SSSR count). The monoisotopic (exact) mass is 262 g/mol. The summed E-state index contributed by atoms with van der Waals surface area (Å²) in [7, 11) is 0. The molecule has 1 atom stereocenters. The summed E-state index contributed by atoms with van der Waals surface area (Å²) in [5.41, 5.74) is 5.39. The average molecular weight is 262 g/mol. The molecule has 1 unspecified atom stereocenters. The minimum Gasteiger partial charge on any atom is -0.320 e. The summed E-state index contributed by atoms with van der Waals surface area (Å²) >= 11 is 1.80. The van der Waals surface area contributed by atoms with Crippen LogP contribution in [0.1, 0.15) is 42.4 Å². The molecule has 2 heterocycles. The summed E-state index contributed by atoms with van der Waals surface area (Å²) in [6, 6.07) is 5.04. The highest BCUT2D eigenvalue weighted by Crippen LogP contribution is 2.22. The van der Waals surface area contributed by atoms with Gasteiger partial charge in [-0.25, -0.2) is 0 Å². The smallest absolute Gasteiger partial charge is 0.0772 e. The average Bonchev–Trinajstić information content (AvgIpc) is 2.72. The van der Waals surface area contributed by atoms with Crippen molar-refractivity contribution in [3.8, 4) is 11.8 Å². The van der Waals surface area contributed by atoms with Gasteiger partial charge in [0.25, 0.3) is 0 Å². The first-order valence-corrected chi connectivity index (χ1v) is 7.63. The highest BCUT2D eigenvalue weighted by atomic mass is 32.1. The van der Waals surface area contributed by atoms with Crippen LogP contribution in [0.4, 0.5) is 0 Å². The maximum Gasteiger partial charge on any atom is 0.0772 e. The first-order valence-electron chi connectivity index (χ1n) is 6.81. The van der Waals surface area contributed by atoms with Gasteiger partial charge < -0.3 is 5.73 Å². The van der Waals surface area contributed by atoms with Crippen molar-refractivity contribution in [1.29, 1.82) is 0 Å². The lowest BCUT2D eigenvalue weighted by molar-refractivity contribution is 0.207. The van der Waals surface area contributed by atoms with E-state index >= 15 is 0 Å². The first-order chi connectivity index (χ1) is 8.79. The third-order valence-electron chi connectivity index (χ3n) is 3.52. The summed E-state index contributed by atoms with van der Waals surface area (Å²) in [4.78, 5) is 5.17. The molecule has 18 heavy (non-hydrogen) atoms. The molecule has 0 bridgehead atoms. The van der Waals surface area contributed by atoms with E-state index in [1.54, 1.807) is 11.3 Å². The summed E-state index contributed by atoms with van der Waals surface area (Å²) in [6.07, 6.45) is 5.45. The minimum absolute atomic E-state index is 0.441. The molecule has 1 aromatic heterocycles. The molecule has 1 aliphatic rings. The molecule has 0 radical (unpaired) electrons. The standard InChI is InChI=1S/C15H22N2S/c1-13-6-3-2-4-11-17(13)12-15-9-8-14(18-15)7-5-10-16/h8-9,13H,2-4,6,10-12,16H2,1H3. The van der Waals surface area contributed by atoms with E-state index in [1.807, 2.05) is 0 Å². The Bertz CT molecular complexity index is 427. The van der Waals surface area contributed by atoms with Crippen LogP contribution in [0, 0.1) is 11.8 Å². The molecule has 3 heteroatoms. The Morgan fingerprint density at radius 1 is 1.39 bits per heavy atom. The summed E-state index contributed by atoms with van der Waals surface area (Å²) in [6.45, 7) is 5.11. The second-order valence-corrected chi connectivity index (χ2v) is 6.11. The minimum atomic E-state index is 0.441. The number of hydrogen-bond donors (Lipinski definition) is 1. The zero-order chi connectivity index (χ0) is 12.8. The van der Waals surface area contributed by atoms with Gasteiger partial charge in [-0.1, -0.05) is 24.7 Å². The quantitative estimate of drug-likeness (QED) is 0.830. The number of thiophene rings is 1. The van der Waals surface area contributed by atoms with Crippen LogP contribution in [-0.4, -0.2) is 24.0 Å². The Labute approximate surface area is 114 Å². The fraction of sp³-hybridized carbons (Fsp3) is 0.600. The van der Waals surface area contributed by atoms with E-state index < -0.39 is 0 Å². The van der Waals surface area contributed by atoms with Crippen LogP contribution < -0.4 is 5.73 Å². The molecular weight excluding hydrogens is 240 g/mol. The van der Waals surface area contributed by atoms with Crippen molar-refractivity contribution in [1.82, 2.24) is 4.90 Å². The lowest BCUT2D eigenvalue weighted by Gasteiger charge is -2.26. The number of rotatable bonds is 2. The van der Waals surface area contributed by atoms with Crippen LogP contribution in [0.3, 0.4) is 0 Å². The van der Waals surface area contributed by atoms with E-state index in [-0.39, 0.29) is 0 Å². The van der Waals surface area contributed by atoms with Crippen molar-refractivity contribution in [3.05, 3.63) is 21.9 Å². The lowest BCUT2D eigenvalue weighted by atomic mass is 10.1. The van der Waals surface area contributed by atoms with Gasteiger partial charge in [-0.15, -0.1) is 11.3 Å². The summed E-state index contributed by atoms with van der Waals surface area (Å²) < 4.78 is 0. The van der Waals surface area contributed by atoms with Crippen molar-refractivity contribution >= 4 is 11.3 Å². The molecule has 1 aliphatic heterocycles. The maximum atomic E-state index is 5.39. The van der Waals surface area contributed by atoms with E-state index in [9.17, 15) is 0 Å². The maximum absolute atomic E-state index is 5.39. The molecule has 1 aromatic rings. The predicted molar refractivity (Wildman–Crippen MR) is 78.6 cm³/mol. The zero-order valence-corrected chi connectivity index (χ0v) is 11.9. The van der Waals surface area contributed by atoms with Crippen molar-refractivity contribution in [2.45, 2.75) is 45.2 Å². The Morgan fingerprint density at radius 2 is 2.28 bits per heavy atom. The van der Waals surface area contributed by atoms with Gasteiger partial charge in [0.15, 0.2) is 0 Å². The van der Waals surface area contributed by atoms with Gasteiger partial charge in [0.1, 0.15) is 0 Å². The molecule has 1 saturated heterocycles. The van der Waals surface area contributed by atoms with E-state index in [1.165, 1.54) is 37.1 Å². The molecule has 0 amide bonds. The normalized spacial score (nSPS) is 21.1. The number of nitrogens with zero attached hydrogens (tertiary/aromatic N) is 1. The third-order valence-corrected chi connectivity index (χ3v) is 4.51. The molecule has 0 saturated carbocycles. The second-order valence-electron chi connectivity index (χ2n) is 4.94. The second kappa shape index (κ2) is 6.94. The van der Waals surface area contributed by atoms with Gasteiger partial charge in [-0.05, 0) is 38.4 Å². The third kappa shape index (κ3) is 3.84. The lowest BCUT2D eigenvalue weighted by Crippen LogP contribution is -2.31. The molecule has 0 aromatic carbocycles. The van der Waals surface area contributed by atoms with Crippen LogP contribution in [-0.2, 0) is 6.54 Å². The number of nitrogens with two attached hydrogens (primary N) is 1. The summed E-state index contributed by atoms with van der Waals surface area (Å²) in [5, 5.41) is 0. The Kier molecular flexibility index (Phi) is 5.25. The predicted octanol–water partition coefficient (Wildman–Crippen LogP) is 2.82. The first kappa shape index (κ1) is 13.6. The fourth-order valence-corrected chi connectivity index (χ4v) is 3.35. The van der Waals surface area contributed by atoms with Crippen LogP contribution >= 0.6 is 11.3 Å². The zero-order valence-electron chi connectivity index (χ0n) is 11.1. The Hall–Kier alpha value is -0.820. The molecule has 0 spiro atoms. The van der Waals surface area contributed by atoms with Gasteiger partial charge in [0.05, 0.1) is 11.4 Å². The largest absolute Gasteiger partial charge is 0.320 e. The van der Waals surface area contributed by atoms with Gasteiger partial charge in [-0.2, -0.15) is 0 Å². The van der Waals surface area contributed by atoms with Gasteiger partial charge in [0.2, 0.25) is 0 Å². The van der Waals surface area contributed by atoms with Crippen molar-refractivity contribution in [3.63, 3.8) is 0 Å². The van der Waals surface area contributed by atoms with Crippen LogP contribution in [0.15, 0.2) is 12.1 Å². The number of likely N-dealkylation sites (tertiary alicyclic amines) is 1. The van der Waals surface area contributed by atoms with E-state index in [2.05, 4.69) is 35.8 Å². The van der Waals surface area contributed by atoms with E-state index in [4.69, 9.17) is 5.73 Å². The molecule has 2 N–H and O–H groups in total. The fourth-order valence-electron chi connectivity index (χ4n) is 2.44. The van der Waals surface area contributed by atoms with Gasteiger partial charge in [0, 0.05) is 17.5 Å². The van der Waals surface area contributed by atoms with Crippen LogP contribution in [0.25, 0.3) is 0 Å². The highest BCUT2D eigenvalue weighted by molar-refractivity contribution is 7.12. The SMILES string of the molecule is CC1CCCCCN1Cc1ccc(C#CCN)s1. The van der Waals surface area contributed by atoms with E-state index in [0.717, 1.165) is 11.4 Å². The highest BCUT2D eigenvalue weighted by Gasteiger charge is 2.17. The Balaban J connectivity index is 1.97. The van der Waals surface area contributed by atoms with Gasteiger partial charge >= 0.3 is 0 Å². The van der Waals surface area contributed by atoms with Crippen LogP contribution in [0.5, 0.6) is 0 Å². The number of hydrogen-bond acceptors (Lipinski definition) is 3. The molecule has 98 valence electrons. The molecule has 0 aliphatic carbocycles. The van der Waals surface area contributed by atoms with Gasteiger partial charge in [-0.3, -0.25) is 4.90 Å². The van der Waals surface area contributed by atoms with Crippen LogP contribution in [0.2, 0.25) is 0 Å². The van der Waals surface area contributed by atoms with E-state index in [0.29, 0.717) is 12.6 Å². The van der Waals surface area contributed by atoms with Crippen molar-refractivity contribution < 1.29 is 0 Å². The molecule has 1 fully saturated rings. The molecule has 2 nitrogen and oxygen atoms in total. The Morgan fingerprint density at radius 3 is 3.11 bits per heavy atom. The summed E-state index contributed by atoms with van der Waals surface area (Å²) in [5.74, 6) is 6.03. The van der Waals surface area contributed by atoms with Crippen molar-refractivity contribution in [2.24, 2.45) is 5.73 Å². The van der Waals surface area contributed by atoms with Crippen molar-refractivity contribution in [2.75, 3.05) is 13.1 Å². The topological polar surface area (TPSA) is 29.3 Å². The molecular formula is C15H22N2S.